The Morgan fingerprint density at radius 3 is 2.34 bits per heavy atom. The van der Waals surface area contributed by atoms with Gasteiger partial charge in [-0.1, -0.05) is 54.6 Å². The van der Waals surface area contributed by atoms with E-state index in [0.29, 0.717) is 37.3 Å². The van der Waals surface area contributed by atoms with E-state index in [2.05, 4.69) is 50.1 Å². The van der Waals surface area contributed by atoms with E-state index in [0.717, 1.165) is 33.0 Å². The Balaban J connectivity index is 1.31. The summed E-state index contributed by atoms with van der Waals surface area (Å²) in [6.07, 6.45) is 1.66. The molecule has 1 heterocycles. The van der Waals surface area contributed by atoms with Crippen molar-refractivity contribution >= 4 is 77.3 Å². The highest BCUT2D eigenvalue weighted by Gasteiger charge is 2.35. The number of benzene rings is 4. The predicted octanol–water partition coefficient (Wildman–Crippen LogP) is 8.09. The van der Waals surface area contributed by atoms with Crippen LogP contribution in [0.25, 0.3) is 16.8 Å². The van der Waals surface area contributed by atoms with Crippen LogP contribution < -0.4 is 4.74 Å². The van der Waals surface area contributed by atoms with Crippen LogP contribution in [0.2, 0.25) is 0 Å². The molecule has 38 heavy (non-hydrogen) atoms. The van der Waals surface area contributed by atoms with Crippen LogP contribution in [-0.4, -0.2) is 21.0 Å². The van der Waals surface area contributed by atoms with Gasteiger partial charge in [0.2, 0.25) is 0 Å². The van der Waals surface area contributed by atoms with Crippen molar-refractivity contribution in [2.24, 2.45) is 0 Å². The Kier molecular flexibility index (Phi) is 7.64. The van der Waals surface area contributed by atoms with Crippen LogP contribution in [0.5, 0.6) is 5.75 Å². The summed E-state index contributed by atoms with van der Waals surface area (Å²) in [5.74, 6) is 0.211. The summed E-state index contributed by atoms with van der Waals surface area (Å²) in [5, 5.41) is 12.7. The van der Waals surface area contributed by atoms with Gasteiger partial charge in [-0.15, -0.1) is 0 Å². The lowest BCUT2D eigenvalue weighted by Gasteiger charge is -2.13. The van der Waals surface area contributed by atoms with Crippen molar-refractivity contribution in [2.75, 3.05) is 0 Å². The minimum atomic E-state index is -0.497. The molecule has 0 saturated carbocycles. The quantitative estimate of drug-likeness (QED) is 0.114. The average molecular weight is 654 g/mol. The average Bonchev–Trinajstić information content (AvgIpc) is 3.15. The second-order valence-corrected chi connectivity index (χ2v) is 11.1. The highest BCUT2D eigenvalue weighted by atomic mass is 79.9. The lowest BCUT2D eigenvalue weighted by molar-refractivity contribution is -0.384. The second-order valence-electron chi connectivity index (χ2n) is 8.43. The van der Waals surface area contributed by atoms with Gasteiger partial charge in [0.25, 0.3) is 16.8 Å². The molecule has 0 N–H and O–H groups in total. The number of carbonyl (C=O) groups excluding carboxylic acids is 2. The van der Waals surface area contributed by atoms with Crippen molar-refractivity contribution in [3.8, 4) is 5.75 Å². The van der Waals surface area contributed by atoms with Gasteiger partial charge >= 0.3 is 0 Å². The Labute approximate surface area is 238 Å². The molecule has 190 valence electrons. The first-order chi connectivity index (χ1) is 18.3. The molecule has 0 bridgehead atoms. The minimum Gasteiger partial charge on any atom is -0.487 e. The number of halogens is 2. The van der Waals surface area contributed by atoms with Crippen molar-refractivity contribution in [3.05, 3.63) is 120 Å². The molecule has 10 heteroatoms. The number of fused-ring (bicyclic) bond motifs is 1. The van der Waals surface area contributed by atoms with Crippen LogP contribution in [-0.2, 0) is 17.9 Å². The number of ether oxygens (including phenoxy) is 1. The first-order valence-electron chi connectivity index (χ1n) is 11.4. The van der Waals surface area contributed by atoms with Gasteiger partial charge in [-0.2, -0.15) is 0 Å². The molecule has 0 atom stereocenters. The van der Waals surface area contributed by atoms with Crippen molar-refractivity contribution in [1.82, 2.24) is 4.90 Å². The van der Waals surface area contributed by atoms with Crippen molar-refractivity contribution < 1.29 is 19.2 Å². The Morgan fingerprint density at radius 2 is 1.63 bits per heavy atom. The number of rotatable bonds is 7. The lowest BCUT2D eigenvalue weighted by Crippen LogP contribution is -2.27. The van der Waals surface area contributed by atoms with Crippen molar-refractivity contribution in [3.63, 3.8) is 0 Å². The van der Waals surface area contributed by atoms with E-state index in [1.54, 1.807) is 6.08 Å². The first kappa shape index (κ1) is 26.1. The third-order valence-electron chi connectivity index (χ3n) is 5.93. The van der Waals surface area contributed by atoms with Crippen LogP contribution in [0.15, 0.2) is 92.7 Å². The summed E-state index contributed by atoms with van der Waals surface area (Å²) < 4.78 is 7.54. The molecule has 4 aromatic carbocycles. The molecule has 0 spiro atoms. The van der Waals surface area contributed by atoms with E-state index in [9.17, 15) is 19.7 Å². The number of non-ortho nitro benzene ring substituents is 1. The van der Waals surface area contributed by atoms with Crippen LogP contribution in [0.1, 0.15) is 16.7 Å². The third-order valence-corrected chi connectivity index (χ3v) is 8.02. The molecule has 0 aromatic heterocycles. The number of nitro groups is 1. The molecule has 0 radical (unpaired) electrons. The Hall–Kier alpha value is -3.47. The molecule has 1 aliphatic rings. The minimum absolute atomic E-state index is 0.0360. The second kappa shape index (κ2) is 11.1. The fourth-order valence-electron chi connectivity index (χ4n) is 4.06. The fourth-order valence-corrected chi connectivity index (χ4v) is 6.35. The van der Waals surface area contributed by atoms with E-state index in [-0.39, 0.29) is 12.2 Å². The number of nitrogens with zero attached hydrogens (tertiary/aromatic N) is 2. The topological polar surface area (TPSA) is 89.8 Å². The molecular weight excluding hydrogens is 636 g/mol. The molecular formula is C28H18Br2N2O5S. The highest BCUT2D eigenvalue weighted by Crippen LogP contribution is 2.38. The number of hydrogen-bond donors (Lipinski definition) is 0. The van der Waals surface area contributed by atoms with Crippen molar-refractivity contribution in [1.29, 1.82) is 0 Å². The lowest BCUT2D eigenvalue weighted by atomic mass is 10.1. The smallest absolute Gasteiger partial charge is 0.293 e. The summed E-state index contributed by atoms with van der Waals surface area (Å²) in [7, 11) is 0. The van der Waals surface area contributed by atoms with Gasteiger partial charge in [0, 0.05) is 12.1 Å². The number of carbonyl (C=O) groups is 2. The molecule has 1 saturated heterocycles. The predicted molar refractivity (Wildman–Crippen MR) is 155 cm³/mol. The summed E-state index contributed by atoms with van der Waals surface area (Å²) in [4.78, 5) is 37.3. The molecule has 1 fully saturated rings. The Morgan fingerprint density at radius 1 is 0.947 bits per heavy atom. The van der Waals surface area contributed by atoms with E-state index >= 15 is 0 Å². The first-order valence-corrected chi connectivity index (χ1v) is 13.8. The van der Waals surface area contributed by atoms with Crippen LogP contribution >= 0.6 is 43.6 Å². The van der Waals surface area contributed by atoms with Crippen molar-refractivity contribution in [2.45, 2.75) is 13.2 Å². The zero-order chi connectivity index (χ0) is 26.8. The van der Waals surface area contributed by atoms with Gasteiger partial charge < -0.3 is 4.74 Å². The Bertz CT molecular complexity index is 1590. The molecule has 5 rings (SSSR count). The zero-order valence-corrected chi connectivity index (χ0v) is 23.6. The van der Waals surface area contributed by atoms with Gasteiger partial charge in [0.1, 0.15) is 12.4 Å². The van der Waals surface area contributed by atoms with Gasteiger partial charge in [0.15, 0.2) is 0 Å². The van der Waals surface area contributed by atoms with E-state index < -0.39 is 16.1 Å². The maximum atomic E-state index is 13.0. The van der Waals surface area contributed by atoms with Crippen LogP contribution in [0.3, 0.4) is 0 Å². The zero-order valence-electron chi connectivity index (χ0n) is 19.6. The van der Waals surface area contributed by atoms with Gasteiger partial charge in [-0.25, -0.2) is 0 Å². The highest BCUT2D eigenvalue weighted by molar-refractivity contribution is 9.11. The normalized spacial score (nSPS) is 14.5. The monoisotopic (exact) mass is 652 g/mol. The van der Waals surface area contributed by atoms with Gasteiger partial charge in [-0.05, 0) is 89.3 Å². The third kappa shape index (κ3) is 5.52. The molecule has 0 aliphatic carbocycles. The number of nitro benzene ring substituents is 1. The van der Waals surface area contributed by atoms with Crippen LogP contribution in [0, 0.1) is 10.1 Å². The fraction of sp³-hybridized carbons (Fsp3) is 0.0714. The van der Waals surface area contributed by atoms with Crippen LogP contribution in [0.4, 0.5) is 10.5 Å². The molecule has 2 amide bonds. The SMILES string of the molecule is O=C1S/C(=C\c2cc(Br)c(OCc3cccc4ccccc34)c(Br)c2)C(=O)N1Cc1ccc([N+](=O)[O-])cc1. The molecule has 4 aromatic rings. The standard InChI is InChI=1S/C28H18Br2N2O5S/c29-23-12-18(13-24(30)26(23)37-16-20-6-3-5-19-4-1-2-7-22(19)20)14-25-27(33)31(28(34)38-25)15-17-8-10-21(11-9-17)32(35)36/h1-14H,15-16H2/b25-14-. The molecule has 7 nitrogen and oxygen atoms in total. The summed E-state index contributed by atoms with van der Waals surface area (Å²) in [6.45, 7) is 0.410. The summed E-state index contributed by atoms with van der Waals surface area (Å²) in [6, 6.07) is 23.7. The number of amides is 2. The van der Waals surface area contributed by atoms with Gasteiger partial charge in [0.05, 0.1) is 25.3 Å². The van der Waals surface area contributed by atoms with Gasteiger partial charge in [-0.3, -0.25) is 24.6 Å². The number of thioether (sulfide) groups is 1. The van der Waals surface area contributed by atoms with E-state index in [1.807, 2.05) is 36.4 Å². The van der Waals surface area contributed by atoms with E-state index in [4.69, 9.17) is 4.74 Å². The summed E-state index contributed by atoms with van der Waals surface area (Å²) in [5.41, 5.74) is 2.34. The molecule has 0 unspecified atom stereocenters. The maximum absolute atomic E-state index is 13.0. The summed E-state index contributed by atoms with van der Waals surface area (Å²) >= 11 is 7.99. The van der Waals surface area contributed by atoms with E-state index in [1.165, 1.54) is 24.3 Å². The molecule has 1 aliphatic heterocycles. The number of imide groups is 1. The number of hydrogen-bond acceptors (Lipinski definition) is 6. The largest absolute Gasteiger partial charge is 0.487 e. The maximum Gasteiger partial charge on any atom is 0.293 e.